The lowest BCUT2D eigenvalue weighted by atomic mass is 10.2. The molecule has 4 heteroatoms. The fourth-order valence-electron chi connectivity index (χ4n) is 2.16. The van der Waals surface area contributed by atoms with Crippen molar-refractivity contribution in [1.82, 2.24) is 4.98 Å². The van der Waals surface area contributed by atoms with Gasteiger partial charge in [-0.25, -0.2) is 0 Å². The van der Waals surface area contributed by atoms with Crippen LogP contribution in [0, 0.1) is 6.92 Å². The van der Waals surface area contributed by atoms with Crippen molar-refractivity contribution in [3.63, 3.8) is 0 Å². The van der Waals surface area contributed by atoms with Gasteiger partial charge in [0.25, 0.3) is 0 Å². The number of anilines is 1. The maximum Gasteiger partial charge on any atom is 0.0762 e. The summed E-state index contributed by atoms with van der Waals surface area (Å²) in [5.74, 6) is 0. The fraction of sp³-hybridized carbons (Fsp3) is 0.583. The van der Waals surface area contributed by atoms with Crippen LogP contribution in [-0.4, -0.2) is 31.3 Å². The van der Waals surface area contributed by atoms with Crippen molar-refractivity contribution in [1.29, 1.82) is 0 Å². The second-order valence-corrected chi connectivity index (χ2v) is 4.25. The zero-order chi connectivity index (χ0) is 11.5. The van der Waals surface area contributed by atoms with Gasteiger partial charge in [0.15, 0.2) is 0 Å². The maximum atomic E-state index is 5.74. The summed E-state index contributed by atoms with van der Waals surface area (Å²) in [5, 5.41) is 0. The van der Waals surface area contributed by atoms with E-state index in [2.05, 4.69) is 16.0 Å². The van der Waals surface area contributed by atoms with Gasteiger partial charge >= 0.3 is 0 Å². The molecule has 0 amide bonds. The van der Waals surface area contributed by atoms with Crippen LogP contribution in [0.1, 0.15) is 17.7 Å². The number of nitrogens with two attached hydrogens (primary N) is 1. The summed E-state index contributed by atoms with van der Waals surface area (Å²) in [6.07, 6.45) is 3.31. The third-order valence-electron chi connectivity index (χ3n) is 3.14. The molecule has 0 radical (unpaired) electrons. The molecule has 1 atom stereocenters. The zero-order valence-corrected chi connectivity index (χ0v) is 9.94. The van der Waals surface area contributed by atoms with E-state index in [1.165, 1.54) is 5.69 Å². The minimum atomic E-state index is 0.346. The molecule has 1 aromatic heterocycles. The van der Waals surface area contributed by atoms with Gasteiger partial charge in [0.2, 0.25) is 0 Å². The third kappa shape index (κ3) is 2.18. The van der Waals surface area contributed by atoms with Crippen LogP contribution in [0.4, 0.5) is 5.69 Å². The summed E-state index contributed by atoms with van der Waals surface area (Å²) in [4.78, 5) is 6.62. The number of rotatable bonds is 3. The van der Waals surface area contributed by atoms with Crippen molar-refractivity contribution in [3.8, 4) is 0 Å². The van der Waals surface area contributed by atoms with Gasteiger partial charge in [-0.2, -0.15) is 0 Å². The van der Waals surface area contributed by atoms with Crippen molar-refractivity contribution in [2.45, 2.75) is 26.0 Å². The SMILES string of the molecule is COC1CCN(c2cc(C)ncc2CN)C1. The molecule has 4 nitrogen and oxygen atoms in total. The second kappa shape index (κ2) is 4.80. The van der Waals surface area contributed by atoms with Gasteiger partial charge in [-0.15, -0.1) is 0 Å². The van der Waals surface area contributed by atoms with E-state index >= 15 is 0 Å². The van der Waals surface area contributed by atoms with E-state index < -0.39 is 0 Å². The van der Waals surface area contributed by atoms with Crippen LogP contribution >= 0.6 is 0 Å². The highest BCUT2D eigenvalue weighted by molar-refractivity contribution is 5.54. The predicted octanol–water partition coefficient (Wildman–Crippen LogP) is 1.07. The molecule has 0 aliphatic carbocycles. The first-order valence-corrected chi connectivity index (χ1v) is 5.68. The number of aromatic nitrogens is 1. The lowest BCUT2D eigenvalue weighted by Gasteiger charge is -2.21. The molecule has 1 saturated heterocycles. The number of aryl methyl sites for hydroxylation is 1. The Morgan fingerprint density at radius 2 is 2.44 bits per heavy atom. The summed E-state index contributed by atoms with van der Waals surface area (Å²) in [6.45, 7) is 4.53. The maximum absolute atomic E-state index is 5.74. The second-order valence-electron chi connectivity index (χ2n) is 4.25. The average molecular weight is 221 g/mol. The highest BCUT2D eigenvalue weighted by Gasteiger charge is 2.23. The number of pyridine rings is 1. The molecule has 88 valence electrons. The van der Waals surface area contributed by atoms with Gasteiger partial charge in [-0.3, -0.25) is 4.98 Å². The molecular weight excluding hydrogens is 202 g/mol. The van der Waals surface area contributed by atoms with E-state index in [1.54, 1.807) is 7.11 Å². The molecule has 0 spiro atoms. The van der Waals surface area contributed by atoms with E-state index in [0.29, 0.717) is 12.6 Å². The number of methoxy groups -OCH3 is 1. The van der Waals surface area contributed by atoms with E-state index in [9.17, 15) is 0 Å². The van der Waals surface area contributed by atoms with Crippen molar-refractivity contribution < 1.29 is 4.74 Å². The average Bonchev–Trinajstić information content (AvgIpc) is 2.77. The Morgan fingerprint density at radius 1 is 1.62 bits per heavy atom. The lowest BCUT2D eigenvalue weighted by molar-refractivity contribution is 0.121. The first-order chi connectivity index (χ1) is 7.74. The summed E-state index contributed by atoms with van der Waals surface area (Å²) >= 11 is 0. The first-order valence-electron chi connectivity index (χ1n) is 5.68. The van der Waals surface area contributed by atoms with Crippen molar-refractivity contribution in [2.75, 3.05) is 25.1 Å². The molecular formula is C12H19N3O. The molecule has 1 aromatic rings. The summed E-state index contributed by atoms with van der Waals surface area (Å²) in [6, 6.07) is 2.11. The highest BCUT2D eigenvalue weighted by Crippen LogP contribution is 2.25. The number of hydrogen-bond donors (Lipinski definition) is 1. The van der Waals surface area contributed by atoms with Crippen molar-refractivity contribution >= 4 is 5.69 Å². The molecule has 2 N–H and O–H groups in total. The van der Waals surface area contributed by atoms with E-state index in [4.69, 9.17) is 10.5 Å². The normalized spacial score (nSPS) is 20.4. The highest BCUT2D eigenvalue weighted by atomic mass is 16.5. The molecule has 1 aliphatic rings. The van der Waals surface area contributed by atoms with Crippen LogP contribution in [0.15, 0.2) is 12.3 Å². The van der Waals surface area contributed by atoms with Gasteiger partial charge in [0.1, 0.15) is 0 Å². The number of nitrogens with zero attached hydrogens (tertiary/aromatic N) is 2. The van der Waals surface area contributed by atoms with Crippen LogP contribution in [0.5, 0.6) is 0 Å². The number of hydrogen-bond acceptors (Lipinski definition) is 4. The van der Waals surface area contributed by atoms with E-state index in [-0.39, 0.29) is 0 Å². The van der Waals surface area contributed by atoms with Gasteiger partial charge in [0, 0.05) is 49.9 Å². The van der Waals surface area contributed by atoms with Gasteiger partial charge in [-0.1, -0.05) is 0 Å². The minimum Gasteiger partial charge on any atom is -0.380 e. The quantitative estimate of drug-likeness (QED) is 0.829. The van der Waals surface area contributed by atoms with Crippen LogP contribution in [0.2, 0.25) is 0 Å². The predicted molar refractivity (Wildman–Crippen MR) is 64.5 cm³/mol. The van der Waals surface area contributed by atoms with E-state index in [1.807, 2.05) is 13.1 Å². The van der Waals surface area contributed by atoms with E-state index in [0.717, 1.165) is 30.8 Å². The van der Waals surface area contributed by atoms with Gasteiger partial charge < -0.3 is 15.4 Å². The molecule has 2 heterocycles. The standard InChI is InChI=1S/C12H19N3O/c1-9-5-12(10(6-13)7-14-9)15-4-3-11(8-15)16-2/h5,7,11H,3-4,6,8,13H2,1-2H3. The fourth-order valence-corrected chi connectivity index (χ4v) is 2.16. The van der Waals surface area contributed by atoms with Gasteiger partial charge in [0.05, 0.1) is 6.10 Å². The Kier molecular flexibility index (Phi) is 3.41. The zero-order valence-electron chi connectivity index (χ0n) is 9.94. The Bertz CT molecular complexity index is 367. The topological polar surface area (TPSA) is 51.4 Å². The van der Waals surface area contributed by atoms with Crippen LogP contribution < -0.4 is 10.6 Å². The molecule has 1 aliphatic heterocycles. The Labute approximate surface area is 96.4 Å². The Morgan fingerprint density at radius 3 is 3.06 bits per heavy atom. The van der Waals surface area contributed by atoms with Crippen LogP contribution in [0.25, 0.3) is 0 Å². The van der Waals surface area contributed by atoms with Crippen molar-refractivity contribution in [2.24, 2.45) is 5.73 Å². The third-order valence-corrected chi connectivity index (χ3v) is 3.14. The van der Waals surface area contributed by atoms with Crippen LogP contribution in [-0.2, 0) is 11.3 Å². The number of ether oxygens (including phenoxy) is 1. The summed E-state index contributed by atoms with van der Waals surface area (Å²) in [7, 11) is 1.77. The largest absolute Gasteiger partial charge is 0.380 e. The van der Waals surface area contributed by atoms with Crippen LogP contribution in [0.3, 0.4) is 0 Å². The Balaban J connectivity index is 2.22. The summed E-state index contributed by atoms with van der Waals surface area (Å²) in [5.41, 5.74) is 9.10. The molecule has 0 bridgehead atoms. The molecule has 16 heavy (non-hydrogen) atoms. The minimum absolute atomic E-state index is 0.346. The summed E-state index contributed by atoms with van der Waals surface area (Å²) < 4.78 is 5.38. The molecule has 2 rings (SSSR count). The first kappa shape index (κ1) is 11.4. The van der Waals surface area contributed by atoms with Crippen molar-refractivity contribution in [3.05, 3.63) is 23.5 Å². The molecule has 0 saturated carbocycles. The molecule has 0 aromatic carbocycles. The van der Waals surface area contributed by atoms with Gasteiger partial charge in [-0.05, 0) is 19.4 Å². The Hall–Kier alpha value is -1.13. The molecule has 1 fully saturated rings. The monoisotopic (exact) mass is 221 g/mol. The molecule has 1 unspecified atom stereocenters. The smallest absolute Gasteiger partial charge is 0.0762 e. The lowest BCUT2D eigenvalue weighted by Crippen LogP contribution is -2.24.